The highest BCUT2D eigenvalue weighted by molar-refractivity contribution is 5.71. The highest BCUT2D eigenvalue weighted by atomic mass is 16.4. The monoisotopic (exact) mass is 282 g/mol. The maximum atomic E-state index is 11.6. The van der Waals surface area contributed by atoms with Gasteiger partial charge in [0.15, 0.2) is 0 Å². The van der Waals surface area contributed by atoms with Crippen LogP contribution in [0, 0.1) is 26.7 Å². The van der Waals surface area contributed by atoms with Crippen molar-refractivity contribution in [1.82, 2.24) is 0 Å². The Kier molecular flexibility index (Phi) is 4.79. The predicted molar refractivity (Wildman–Crippen MR) is 85.6 cm³/mol. The summed E-state index contributed by atoms with van der Waals surface area (Å²) >= 11 is 0. The number of rotatable bonds is 5. The molecule has 2 aromatic carbocycles. The largest absolute Gasteiger partial charge is 0.481 e. The topological polar surface area (TPSA) is 37.3 Å². The van der Waals surface area contributed by atoms with E-state index in [1.54, 1.807) is 0 Å². The molecule has 0 heterocycles. The van der Waals surface area contributed by atoms with Crippen LogP contribution in [0.2, 0.25) is 0 Å². The Balaban J connectivity index is 2.17. The lowest BCUT2D eigenvalue weighted by molar-refractivity contribution is -0.141. The first-order valence-electron chi connectivity index (χ1n) is 7.29. The van der Waals surface area contributed by atoms with Crippen LogP contribution in [0.15, 0.2) is 42.5 Å². The van der Waals surface area contributed by atoms with Crippen LogP contribution in [-0.2, 0) is 17.6 Å². The van der Waals surface area contributed by atoms with Gasteiger partial charge in [-0.25, -0.2) is 0 Å². The van der Waals surface area contributed by atoms with E-state index in [9.17, 15) is 9.90 Å². The van der Waals surface area contributed by atoms with Gasteiger partial charge in [0.1, 0.15) is 0 Å². The highest BCUT2D eigenvalue weighted by Crippen LogP contribution is 2.18. The Bertz CT molecular complexity index is 624. The van der Waals surface area contributed by atoms with Crippen LogP contribution in [0.25, 0.3) is 0 Å². The third kappa shape index (κ3) is 4.45. The second-order valence-corrected chi connectivity index (χ2v) is 5.93. The SMILES string of the molecule is Cc1cccc(CC(Cc2cc(C)cc(C)c2)C(=O)O)c1. The molecule has 0 saturated heterocycles. The number of hydrogen-bond acceptors (Lipinski definition) is 1. The van der Waals surface area contributed by atoms with Crippen molar-refractivity contribution in [3.63, 3.8) is 0 Å². The molecule has 0 spiro atoms. The van der Waals surface area contributed by atoms with Crippen molar-refractivity contribution in [2.24, 2.45) is 5.92 Å². The lowest BCUT2D eigenvalue weighted by atomic mass is 9.91. The van der Waals surface area contributed by atoms with E-state index in [1.807, 2.05) is 39.0 Å². The van der Waals surface area contributed by atoms with Crippen LogP contribution < -0.4 is 0 Å². The Morgan fingerprint density at radius 1 is 0.905 bits per heavy atom. The Hall–Kier alpha value is -2.09. The molecule has 0 saturated carbocycles. The molecule has 0 aliphatic rings. The molecular weight excluding hydrogens is 260 g/mol. The summed E-state index contributed by atoms with van der Waals surface area (Å²) in [5, 5.41) is 9.50. The van der Waals surface area contributed by atoms with Crippen molar-refractivity contribution in [1.29, 1.82) is 0 Å². The lowest BCUT2D eigenvalue weighted by Gasteiger charge is -2.14. The van der Waals surface area contributed by atoms with Gasteiger partial charge in [-0.15, -0.1) is 0 Å². The number of aliphatic carboxylic acids is 1. The Labute approximate surface area is 126 Å². The van der Waals surface area contributed by atoms with E-state index in [-0.39, 0.29) is 5.92 Å². The Morgan fingerprint density at radius 2 is 1.48 bits per heavy atom. The fourth-order valence-corrected chi connectivity index (χ4v) is 2.84. The zero-order valence-electron chi connectivity index (χ0n) is 12.9. The third-order valence-electron chi connectivity index (χ3n) is 3.68. The van der Waals surface area contributed by atoms with Gasteiger partial charge in [-0.2, -0.15) is 0 Å². The van der Waals surface area contributed by atoms with Gasteiger partial charge >= 0.3 is 5.97 Å². The van der Waals surface area contributed by atoms with Crippen LogP contribution in [0.5, 0.6) is 0 Å². The average Bonchev–Trinajstić information content (AvgIpc) is 2.36. The average molecular weight is 282 g/mol. The summed E-state index contributed by atoms with van der Waals surface area (Å²) in [6.07, 6.45) is 1.15. The van der Waals surface area contributed by atoms with E-state index in [1.165, 1.54) is 16.7 Å². The van der Waals surface area contributed by atoms with Gasteiger partial charge in [0, 0.05) is 0 Å². The molecule has 110 valence electrons. The number of aryl methyl sites for hydroxylation is 3. The molecule has 2 rings (SSSR count). The van der Waals surface area contributed by atoms with Crippen molar-refractivity contribution in [2.45, 2.75) is 33.6 Å². The number of carbonyl (C=O) groups is 1. The van der Waals surface area contributed by atoms with Crippen molar-refractivity contribution >= 4 is 5.97 Å². The normalized spacial score (nSPS) is 12.1. The molecule has 21 heavy (non-hydrogen) atoms. The van der Waals surface area contributed by atoms with Gasteiger partial charge in [-0.1, -0.05) is 59.2 Å². The third-order valence-corrected chi connectivity index (χ3v) is 3.68. The second kappa shape index (κ2) is 6.57. The highest BCUT2D eigenvalue weighted by Gasteiger charge is 2.19. The number of carboxylic acid groups (broad SMARTS) is 1. The summed E-state index contributed by atoms with van der Waals surface area (Å²) < 4.78 is 0. The van der Waals surface area contributed by atoms with Crippen molar-refractivity contribution in [2.75, 3.05) is 0 Å². The molecule has 0 radical (unpaired) electrons. The van der Waals surface area contributed by atoms with Crippen LogP contribution in [-0.4, -0.2) is 11.1 Å². The standard InChI is InChI=1S/C19H22O2/c1-13-5-4-6-16(8-13)11-18(19(20)21)12-17-9-14(2)7-15(3)10-17/h4-10,18H,11-12H2,1-3H3,(H,20,21). The van der Waals surface area contributed by atoms with Gasteiger partial charge < -0.3 is 5.11 Å². The van der Waals surface area contributed by atoms with E-state index < -0.39 is 5.97 Å². The van der Waals surface area contributed by atoms with Crippen LogP contribution in [0.4, 0.5) is 0 Å². The van der Waals surface area contributed by atoms with Crippen LogP contribution in [0.1, 0.15) is 27.8 Å². The number of carboxylic acids is 1. The summed E-state index contributed by atoms with van der Waals surface area (Å²) in [5.74, 6) is -1.11. The molecule has 1 unspecified atom stereocenters. The molecule has 1 N–H and O–H groups in total. The molecule has 2 nitrogen and oxygen atoms in total. The summed E-state index contributed by atoms with van der Waals surface area (Å²) in [6, 6.07) is 14.4. The van der Waals surface area contributed by atoms with Gasteiger partial charge in [-0.05, 0) is 44.7 Å². The quantitative estimate of drug-likeness (QED) is 0.896. The minimum Gasteiger partial charge on any atom is -0.481 e. The molecule has 0 aliphatic carbocycles. The maximum absolute atomic E-state index is 11.6. The van der Waals surface area contributed by atoms with E-state index in [2.05, 4.69) is 24.3 Å². The minimum atomic E-state index is -0.726. The number of hydrogen-bond donors (Lipinski definition) is 1. The summed E-state index contributed by atoms with van der Waals surface area (Å²) in [7, 11) is 0. The van der Waals surface area contributed by atoms with E-state index in [0.717, 1.165) is 11.1 Å². The van der Waals surface area contributed by atoms with Crippen molar-refractivity contribution in [3.05, 3.63) is 70.3 Å². The lowest BCUT2D eigenvalue weighted by Crippen LogP contribution is -2.19. The first-order valence-corrected chi connectivity index (χ1v) is 7.29. The molecule has 0 aliphatic heterocycles. The zero-order chi connectivity index (χ0) is 15.4. The number of benzene rings is 2. The minimum absolute atomic E-state index is 0.381. The molecular formula is C19H22O2. The van der Waals surface area contributed by atoms with Gasteiger partial charge in [-0.3, -0.25) is 4.79 Å². The van der Waals surface area contributed by atoms with E-state index in [4.69, 9.17) is 0 Å². The van der Waals surface area contributed by atoms with Gasteiger partial charge in [0.25, 0.3) is 0 Å². The Morgan fingerprint density at radius 3 is 2.05 bits per heavy atom. The van der Waals surface area contributed by atoms with E-state index >= 15 is 0 Å². The fraction of sp³-hybridized carbons (Fsp3) is 0.316. The van der Waals surface area contributed by atoms with E-state index in [0.29, 0.717) is 12.8 Å². The molecule has 0 fully saturated rings. The van der Waals surface area contributed by atoms with Gasteiger partial charge in [0.2, 0.25) is 0 Å². The van der Waals surface area contributed by atoms with Gasteiger partial charge in [0.05, 0.1) is 5.92 Å². The predicted octanol–water partition coefficient (Wildman–Crippen LogP) is 4.10. The smallest absolute Gasteiger partial charge is 0.307 e. The molecule has 2 aromatic rings. The van der Waals surface area contributed by atoms with Crippen molar-refractivity contribution in [3.8, 4) is 0 Å². The molecule has 1 atom stereocenters. The molecule has 2 heteroatoms. The molecule has 0 aromatic heterocycles. The summed E-state index contributed by atoms with van der Waals surface area (Å²) in [5.41, 5.74) is 5.73. The summed E-state index contributed by atoms with van der Waals surface area (Å²) in [4.78, 5) is 11.6. The summed E-state index contributed by atoms with van der Waals surface area (Å²) in [6.45, 7) is 6.13. The molecule has 0 bridgehead atoms. The van der Waals surface area contributed by atoms with Crippen LogP contribution >= 0.6 is 0 Å². The van der Waals surface area contributed by atoms with Crippen LogP contribution in [0.3, 0.4) is 0 Å². The molecule has 0 amide bonds. The first-order chi connectivity index (χ1) is 9.94. The first kappa shape index (κ1) is 15.3. The van der Waals surface area contributed by atoms with Crippen molar-refractivity contribution < 1.29 is 9.90 Å². The maximum Gasteiger partial charge on any atom is 0.307 e. The zero-order valence-corrected chi connectivity index (χ0v) is 12.9. The second-order valence-electron chi connectivity index (χ2n) is 5.93. The fourth-order valence-electron chi connectivity index (χ4n) is 2.84.